The van der Waals surface area contributed by atoms with Crippen molar-refractivity contribution in [1.82, 2.24) is 5.43 Å². The number of nitrogens with two attached hydrogens (primary N) is 1. The molecule has 0 amide bonds. The minimum absolute atomic E-state index is 0.131. The summed E-state index contributed by atoms with van der Waals surface area (Å²) >= 11 is 5.92. The largest absolute Gasteiger partial charge is 0.493 e. The predicted molar refractivity (Wildman–Crippen MR) is 85.5 cm³/mol. The van der Waals surface area contributed by atoms with Crippen molar-refractivity contribution in [2.45, 2.75) is 25.3 Å². The molecular weight excluding hydrogens is 284 g/mol. The predicted octanol–water partition coefficient (Wildman–Crippen LogP) is 3.41. The smallest absolute Gasteiger partial charge is 0.122 e. The van der Waals surface area contributed by atoms with Crippen LogP contribution in [0.15, 0.2) is 42.5 Å². The number of fused-ring (bicyclic) bond motifs is 1. The number of nitrogens with one attached hydrogen (secondary N) is 1. The van der Waals surface area contributed by atoms with Gasteiger partial charge in [0.05, 0.1) is 6.61 Å². The molecule has 0 radical (unpaired) electrons. The average Bonchev–Trinajstić information content (AvgIpc) is 2.97. The normalized spacial score (nSPS) is 14.6. The quantitative estimate of drug-likeness (QED) is 0.657. The van der Waals surface area contributed by atoms with Gasteiger partial charge in [0, 0.05) is 17.5 Å². The molecule has 1 atom stereocenters. The number of ether oxygens (including phenoxy) is 1. The van der Waals surface area contributed by atoms with Crippen molar-refractivity contribution in [3.05, 3.63) is 64.2 Å². The monoisotopic (exact) mass is 302 g/mol. The van der Waals surface area contributed by atoms with Gasteiger partial charge in [-0.05, 0) is 47.7 Å². The minimum Gasteiger partial charge on any atom is -0.493 e. The summed E-state index contributed by atoms with van der Waals surface area (Å²) in [6, 6.07) is 14.4. The van der Waals surface area contributed by atoms with Gasteiger partial charge in [-0.25, -0.2) is 0 Å². The maximum absolute atomic E-state index is 5.92. The highest BCUT2D eigenvalue weighted by atomic mass is 35.5. The summed E-state index contributed by atoms with van der Waals surface area (Å²) in [5.41, 5.74) is 6.69. The molecule has 0 aliphatic carbocycles. The lowest BCUT2D eigenvalue weighted by atomic mass is 9.98. The summed E-state index contributed by atoms with van der Waals surface area (Å²) in [5.74, 6) is 6.73. The van der Waals surface area contributed by atoms with Gasteiger partial charge in [0.15, 0.2) is 0 Å². The van der Waals surface area contributed by atoms with Crippen LogP contribution in [0.5, 0.6) is 5.75 Å². The molecule has 0 bridgehead atoms. The lowest BCUT2D eigenvalue weighted by Gasteiger charge is -2.16. The Morgan fingerprint density at radius 1 is 1.19 bits per heavy atom. The fourth-order valence-electron chi connectivity index (χ4n) is 2.75. The van der Waals surface area contributed by atoms with E-state index in [2.05, 4.69) is 23.6 Å². The second-order valence-electron chi connectivity index (χ2n) is 5.35. The molecule has 1 heterocycles. The van der Waals surface area contributed by atoms with Gasteiger partial charge in [-0.2, -0.15) is 0 Å². The molecule has 0 aromatic heterocycles. The fraction of sp³-hybridized carbons (Fsp3) is 0.294. The number of benzene rings is 2. The molecule has 3 rings (SSSR count). The molecular formula is C17H19ClN2O. The third-order valence-corrected chi connectivity index (χ3v) is 4.20. The lowest BCUT2D eigenvalue weighted by Crippen LogP contribution is -2.28. The Morgan fingerprint density at radius 2 is 2.00 bits per heavy atom. The number of hydrogen-bond donors (Lipinski definition) is 2. The Hall–Kier alpha value is -1.55. The zero-order valence-electron chi connectivity index (χ0n) is 11.8. The van der Waals surface area contributed by atoms with E-state index in [0.717, 1.165) is 42.2 Å². The first-order chi connectivity index (χ1) is 10.3. The van der Waals surface area contributed by atoms with E-state index in [1.165, 1.54) is 11.1 Å². The van der Waals surface area contributed by atoms with Gasteiger partial charge >= 0.3 is 0 Å². The van der Waals surface area contributed by atoms with Gasteiger partial charge < -0.3 is 4.74 Å². The maximum atomic E-state index is 5.92. The van der Waals surface area contributed by atoms with Crippen LogP contribution in [0.25, 0.3) is 0 Å². The van der Waals surface area contributed by atoms with Gasteiger partial charge in [-0.1, -0.05) is 35.9 Å². The second-order valence-corrected chi connectivity index (χ2v) is 5.79. The van der Waals surface area contributed by atoms with Gasteiger partial charge in [-0.3, -0.25) is 11.3 Å². The molecule has 0 saturated carbocycles. The highest BCUT2D eigenvalue weighted by Crippen LogP contribution is 2.27. The summed E-state index contributed by atoms with van der Waals surface area (Å²) in [6.07, 6.45) is 2.93. The summed E-state index contributed by atoms with van der Waals surface area (Å²) < 4.78 is 5.54. The van der Waals surface area contributed by atoms with E-state index < -0.39 is 0 Å². The molecule has 2 aromatic carbocycles. The molecule has 3 nitrogen and oxygen atoms in total. The first kappa shape index (κ1) is 14.4. The Bertz CT molecular complexity index is 613. The van der Waals surface area contributed by atoms with Crippen LogP contribution in [0.2, 0.25) is 5.02 Å². The van der Waals surface area contributed by atoms with Crippen LogP contribution in [0.3, 0.4) is 0 Å². The van der Waals surface area contributed by atoms with E-state index >= 15 is 0 Å². The van der Waals surface area contributed by atoms with Crippen molar-refractivity contribution in [3.63, 3.8) is 0 Å². The molecule has 1 aliphatic rings. The Kier molecular flexibility index (Phi) is 4.44. The van der Waals surface area contributed by atoms with Crippen molar-refractivity contribution in [3.8, 4) is 5.75 Å². The maximum Gasteiger partial charge on any atom is 0.122 e. The average molecular weight is 303 g/mol. The molecule has 0 saturated heterocycles. The molecule has 1 aliphatic heterocycles. The highest BCUT2D eigenvalue weighted by Gasteiger charge is 2.14. The Balaban J connectivity index is 1.66. The summed E-state index contributed by atoms with van der Waals surface area (Å²) in [5, 5.41) is 0.744. The first-order valence-corrected chi connectivity index (χ1v) is 7.60. The molecule has 2 aromatic rings. The van der Waals surface area contributed by atoms with Crippen LogP contribution < -0.4 is 16.0 Å². The van der Waals surface area contributed by atoms with E-state index in [4.69, 9.17) is 22.2 Å². The second kappa shape index (κ2) is 6.48. The van der Waals surface area contributed by atoms with Crippen molar-refractivity contribution in [2.24, 2.45) is 5.84 Å². The molecule has 0 fully saturated rings. The molecule has 0 spiro atoms. The van der Waals surface area contributed by atoms with Crippen LogP contribution >= 0.6 is 11.6 Å². The van der Waals surface area contributed by atoms with E-state index in [-0.39, 0.29) is 6.04 Å². The van der Waals surface area contributed by atoms with E-state index in [1.807, 2.05) is 24.3 Å². The number of rotatable bonds is 5. The van der Waals surface area contributed by atoms with Crippen molar-refractivity contribution >= 4 is 11.6 Å². The first-order valence-electron chi connectivity index (χ1n) is 7.22. The van der Waals surface area contributed by atoms with Crippen molar-refractivity contribution < 1.29 is 4.74 Å². The molecule has 110 valence electrons. The number of hydrogen-bond acceptors (Lipinski definition) is 3. The van der Waals surface area contributed by atoms with Crippen LogP contribution in [0.4, 0.5) is 0 Å². The third kappa shape index (κ3) is 3.38. The zero-order chi connectivity index (χ0) is 14.7. The summed E-state index contributed by atoms with van der Waals surface area (Å²) in [7, 11) is 0. The van der Waals surface area contributed by atoms with Gasteiger partial charge in [-0.15, -0.1) is 0 Å². The van der Waals surface area contributed by atoms with Crippen LogP contribution in [0, 0.1) is 0 Å². The van der Waals surface area contributed by atoms with Crippen LogP contribution in [-0.4, -0.2) is 6.61 Å². The third-order valence-electron chi connectivity index (χ3n) is 3.95. The van der Waals surface area contributed by atoms with Gasteiger partial charge in [0.25, 0.3) is 0 Å². The van der Waals surface area contributed by atoms with Crippen molar-refractivity contribution in [1.29, 1.82) is 0 Å². The summed E-state index contributed by atoms with van der Waals surface area (Å²) in [4.78, 5) is 0. The molecule has 4 heteroatoms. The Labute approximate surface area is 130 Å². The van der Waals surface area contributed by atoms with Gasteiger partial charge in [0.1, 0.15) is 5.75 Å². The molecule has 3 N–H and O–H groups in total. The molecule has 1 unspecified atom stereocenters. The van der Waals surface area contributed by atoms with E-state index in [9.17, 15) is 0 Å². The standard InChI is InChI=1S/C17H19ClN2O/c18-15-5-3-13(4-6-15)16(20-19)7-1-12-2-8-17-14(11-12)9-10-21-17/h2-6,8,11,16,20H,1,7,9-10,19H2. The fourth-order valence-corrected chi connectivity index (χ4v) is 2.87. The minimum atomic E-state index is 0.131. The van der Waals surface area contributed by atoms with Crippen LogP contribution in [-0.2, 0) is 12.8 Å². The number of aryl methyl sites for hydroxylation is 1. The number of halogens is 1. The number of hydrazine groups is 1. The molecule has 21 heavy (non-hydrogen) atoms. The Morgan fingerprint density at radius 3 is 2.76 bits per heavy atom. The van der Waals surface area contributed by atoms with E-state index in [0.29, 0.717) is 0 Å². The van der Waals surface area contributed by atoms with Crippen LogP contribution in [0.1, 0.15) is 29.2 Å². The SMILES string of the molecule is NNC(CCc1ccc2c(c1)CCO2)c1ccc(Cl)cc1. The highest BCUT2D eigenvalue weighted by molar-refractivity contribution is 6.30. The zero-order valence-corrected chi connectivity index (χ0v) is 12.6. The van der Waals surface area contributed by atoms with Crippen molar-refractivity contribution in [2.75, 3.05) is 6.61 Å². The topological polar surface area (TPSA) is 47.3 Å². The summed E-state index contributed by atoms with van der Waals surface area (Å²) in [6.45, 7) is 0.802. The lowest BCUT2D eigenvalue weighted by molar-refractivity contribution is 0.357. The van der Waals surface area contributed by atoms with E-state index in [1.54, 1.807) is 0 Å². The van der Waals surface area contributed by atoms with Gasteiger partial charge in [0.2, 0.25) is 0 Å².